The van der Waals surface area contributed by atoms with E-state index in [1.807, 2.05) is 0 Å². The van der Waals surface area contributed by atoms with Crippen LogP contribution in [0, 0.1) is 10.1 Å². The van der Waals surface area contributed by atoms with E-state index in [2.05, 4.69) is 13.8 Å². The second kappa shape index (κ2) is 11.9. The van der Waals surface area contributed by atoms with E-state index in [1.165, 1.54) is 25.7 Å². The Kier molecular flexibility index (Phi) is 11.5. The summed E-state index contributed by atoms with van der Waals surface area (Å²) >= 11 is 0. The molecule has 0 amide bonds. The molecule has 3 heteroatoms. The number of rotatable bonds is 12. The fourth-order valence-electron chi connectivity index (χ4n) is 2.15. The first kappa shape index (κ1) is 16.4. The quantitative estimate of drug-likeness (QED) is 0.276. The van der Waals surface area contributed by atoms with Gasteiger partial charge in [-0.3, -0.25) is 10.1 Å². The van der Waals surface area contributed by atoms with Crippen molar-refractivity contribution >= 4 is 0 Å². The van der Waals surface area contributed by atoms with Gasteiger partial charge in [-0.1, -0.05) is 58.8 Å². The van der Waals surface area contributed by atoms with Crippen molar-refractivity contribution in [1.29, 1.82) is 0 Å². The van der Waals surface area contributed by atoms with Crippen molar-refractivity contribution in [2.24, 2.45) is 0 Å². The summed E-state index contributed by atoms with van der Waals surface area (Å²) in [6, 6.07) is -0.285. The molecule has 102 valence electrons. The van der Waals surface area contributed by atoms with Gasteiger partial charge < -0.3 is 0 Å². The van der Waals surface area contributed by atoms with Gasteiger partial charge in [-0.25, -0.2) is 0 Å². The summed E-state index contributed by atoms with van der Waals surface area (Å²) in [5, 5.41) is 10.9. The number of unbranched alkanes of at least 4 members (excludes halogenated alkanes) is 7. The molecule has 0 aromatic rings. The van der Waals surface area contributed by atoms with Gasteiger partial charge in [0.15, 0.2) is 0 Å². The van der Waals surface area contributed by atoms with E-state index in [0.29, 0.717) is 0 Å². The fourth-order valence-corrected chi connectivity index (χ4v) is 2.15. The van der Waals surface area contributed by atoms with Crippen molar-refractivity contribution in [3.63, 3.8) is 0 Å². The van der Waals surface area contributed by atoms with E-state index in [1.54, 1.807) is 0 Å². The van der Waals surface area contributed by atoms with Crippen LogP contribution in [0.2, 0.25) is 0 Å². The first-order valence-electron chi connectivity index (χ1n) is 7.35. The Labute approximate surface area is 106 Å². The van der Waals surface area contributed by atoms with Gasteiger partial charge in [0.25, 0.3) is 0 Å². The molecule has 0 aromatic heterocycles. The highest BCUT2D eigenvalue weighted by atomic mass is 16.6. The third-order valence-corrected chi connectivity index (χ3v) is 3.33. The topological polar surface area (TPSA) is 43.1 Å². The molecule has 0 N–H and O–H groups in total. The molecule has 0 fully saturated rings. The molecule has 0 aliphatic heterocycles. The van der Waals surface area contributed by atoms with Gasteiger partial charge in [0, 0.05) is 17.8 Å². The maximum atomic E-state index is 10.9. The van der Waals surface area contributed by atoms with Crippen LogP contribution in [0.1, 0.15) is 84.5 Å². The Bertz CT molecular complexity index is 183. The highest BCUT2D eigenvalue weighted by Crippen LogP contribution is 2.14. The van der Waals surface area contributed by atoms with Gasteiger partial charge in [-0.05, 0) is 12.8 Å². The maximum absolute atomic E-state index is 10.9. The van der Waals surface area contributed by atoms with Crippen LogP contribution in [0.25, 0.3) is 0 Å². The fraction of sp³-hybridized carbons (Fsp3) is 1.00. The molecule has 17 heavy (non-hydrogen) atoms. The molecule has 0 saturated heterocycles. The number of nitrogens with zero attached hydrogens (tertiary/aromatic N) is 1. The van der Waals surface area contributed by atoms with Crippen molar-refractivity contribution in [3.8, 4) is 0 Å². The molecule has 0 saturated carbocycles. The monoisotopic (exact) mass is 243 g/mol. The van der Waals surface area contributed by atoms with Crippen molar-refractivity contribution in [1.82, 2.24) is 0 Å². The van der Waals surface area contributed by atoms with Crippen LogP contribution in [0.3, 0.4) is 0 Å². The predicted molar refractivity (Wildman–Crippen MR) is 72.9 cm³/mol. The second-order valence-electron chi connectivity index (χ2n) is 4.99. The van der Waals surface area contributed by atoms with Crippen LogP contribution in [0.5, 0.6) is 0 Å². The minimum absolute atomic E-state index is 0.0678. The first-order chi connectivity index (χ1) is 8.22. The van der Waals surface area contributed by atoms with Gasteiger partial charge >= 0.3 is 0 Å². The predicted octanol–water partition coefficient (Wildman–Crippen LogP) is 4.96. The molecule has 0 heterocycles. The third kappa shape index (κ3) is 10.3. The molecule has 0 bridgehead atoms. The highest BCUT2D eigenvalue weighted by molar-refractivity contribution is 4.58. The molecule has 1 atom stereocenters. The number of hydrogen-bond acceptors (Lipinski definition) is 2. The lowest BCUT2D eigenvalue weighted by molar-refractivity contribution is -0.524. The van der Waals surface area contributed by atoms with Crippen molar-refractivity contribution < 1.29 is 4.92 Å². The van der Waals surface area contributed by atoms with E-state index in [-0.39, 0.29) is 11.0 Å². The number of nitro groups is 1. The zero-order valence-electron chi connectivity index (χ0n) is 11.6. The van der Waals surface area contributed by atoms with E-state index in [9.17, 15) is 10.1 Å². The average Bonchev–Trinajstić information content (AvgIpc) is 2.31. The Balaban J connectivity index is 3.52. The van der Waals surface area contributed by atoms with Gasteiger partial charge in [0.1, 0.15) is 0 Å². The Morgan fingerprint density at radius 2 is 1.24 bits per heavy atom. The van der Waals surface area contributed by atoms with Gasteiger partial charge in [-0.15, -0.1) is 0 Å². The minimum Gasteiger partial charge on any atom is -0.264 e. The van der Waals surface area contributed by atoms with Crippen molar-refractivity contribution in [2.75, 3.05) is 0 Å². The molecule has 1 unspecified atom stereocenters. The van der Waals surface area contributed by atoms with Crippen LogP contribution < -0.4 is 0 Å². The van der Waals surface area contributed by atoms with Crippen molar-refractivity contribution in [3.05, 3.63) is 10.1 Å². The summed E-state index contributed by atoms with van der Waals surface area (Å²) in [7, 11) is 0. The van der Waals surface area contributed by atoms with Gasteiger partial charge in [0.2, 0.25) is 6.04 Å². The molecule has 0 radical (unpaired) electrons. The number of hydrogen-bond donors (Lipinski definition) is 0. The van der Waals surface area contributed by atoms with Crippen LogP contribution >= 0.6 is 0 Å². The largest absolute Gasteiger partial charge is 0.264 e. The van der Waals surface area contributed by atoms with Crippen LogP contribution in [0.4, 0.5) is 0 Å². The molecular weight excluding hydrogens is 214 g/mol. The van der Waals surface area contributed by atoms with Gasteiger partial charge in [0.05, 0.1) is 0 Å². The molecule has 0 aromatic carbocycles. The van der Waals surface area contributed by atoms with Crippen LogP contribution in [-0.4, -0.2) is 11.0 Å². The SMILES string of the molecule is CCCCCCCCC(CCCCC)[N+](=O)[O-]. The summed E-state index contributed by atoms with van der Waals surface area (Å²) < 4.78 is 0. The first-order valence-corrected chi connectivity index (χ1v) is 7.35. The third-order valence-electron chi connectivity index (χ3n) is 3.33. The van der Waals surface area contributed by atoms with E-state index in [4.69, 9.17) is 0 Å². The maximum Gasteiger partial charge on any atom is 0.213 e. The smallest absolute Gasteiger partial charge is 0.213 e. The zero-order chi connectivity index (χ0) is 12.9. The Hall–Kier alpha value is -0.600. The van der Waals surface area contributed by atoms with Gasteiger partial charge in [-0.2, -0.15) is 0 Å². The normalized spacial score (nSPS) is 12.6. The van der Waals surface area contributed by atoms with Crippen molar-refractivity contribution in [2.45, 2.75) is 90.5 Å². The molecular formula is C14H29NO2. The molecule has 3 nitrogen and oxygen atoms in total. The second-order valence-corrected chi connectivity index (χ2v) is 4.99. The van der Waals surface area contributed by atoms with E-state index < -0.39 is 0 Å². The zero-order valence-corrected chi connectivity index (χ0v) is 11.6. The standard InChI is InChI=1S/C14H29NO2/c1-3-5-7-8-9-11-13-14(15(16)17)12-10-6-4-2/h14H,3-13H2,1-2H3. The lowest BCUT2D eigenvalue weighted by Gasteiger charge is -2.08. The van der Waals surface area contributed by atoms with E-state index in [0.717, 1.165) is 44.9 Å². The average molecular weight is 243 g/mol. The van der Waals surface area contributed by atoms with Crippen LogP contribution in [-0.2, 0) is 0 Å². The molecule has 0 aliphatic rings. The molecule has 0 aliphatic carbocycles. The minimum atomic E-state index is -0.285. The Morgan fingerprint density at radius 3 is 1.76 bits per heavy atom. The van der Waals surface area contributed by atoms with Crippen LogP contribution in [0.15, 0.2) is 0 Å². The summed E-state index contributed by atoms with van der Waals surface area (Å²) in [4.78, 5) is 10.8. The Morgan fingerprint density at radius 1 is 0.824 bits per heavy atom. The summed E-state index contributed by atoms with van der Waals surface area (Å²) in [6.07, 6.45) is 12.1. The van der Waals surface area contributed by atoms with E-state index >= 15 is 0 Å². The lowest BCUT2D eigenvalue weighted by atomic mass is 10.0. The highest BCUT2D eigenvalue weighted by Gasteiger charge is 2.18. The summed E-state index contributed by atoms with van der Waals surface area (Å²) in [5.74, 6) is 0. The summed E-state index contributed by atoms with van der Waals surface area (Å²) in [6.45, 7) is 4.34. The molecule has 0 rings (SSSR count). The summed E-state index contributed by atoms with van der Waals surface area (Å²) in [5.41, 5.74) is 0. The lowest BCUT2D eigenvalue weighted by Crippen LogP contribution is -2.19. The molecule has 0 spiro atoms.